The summed E-state index contributed by atoms with van der Waals surface area (Å²) in [7, 11) is 0. The third-order valence-electron chi connectivity index (χ3n) is 7.02. The van der Waals surface area contributed by atoms with Crippen LogP contribution in [0.3, 0.4) is 0 Å². The van der Waals surface area contributed by atoms with Crippen molar-refractivity contribution in [3.8, 4) is 0 Å². The number of unbranched alkanes of at least 4 members (excludes halogenated alkanes) is 13. The predicted octanol–water partition coefficient (Wildman–Crippen LogP) is 8.36. The minimum atomic E-state index is -0.0876. The van der Waals surface area contributed by atoms with Crippen LogP contribution >= 0.6 is 0 Å². The summed E-state index contributed by atoms with van der Waals surface area (Å²) in [4.78, 5) is 27.2. The van der Waals surface area contributed by atoms with Crippen molar-refractivity contribution in [3.63, 3.8) is 0 Å². The van der Waals surface area contributed by atoms with Gasteiger partial charge in [-0.2, -0.15) is 0 Å². The molecule has 0 heterocycles. The lowest BCUT2D eigenvalue weighted by Crippen LogP contribution is -2.31. The second-order valence-corrected chi connectivity index (χ2v) is 10.3. The van der Waals surface area contributed by atoms with Gasteiger partial charge in [-0.05, 0) is 50.2 Å². The summed E-state index contributed by atoms with van der Waals surface area (Å²) in [6.07, 6.45) is 18.9. The van der Waals surface area contributed by atoms with Gasteiger partial charge in [0.05, 0.1) is 6.54 Å². The average Bonchev–Trinajstić information content (AvgIpc) is 2.94. The molecule has 2 aromatic carbocycles. The van der Waals surface area contributed by atoms with Gasteiger partial charge in [-0.3, -0.25) is 9.59 Å². The molecule has 0 atom stereocenters. The Kier molecular flexibility index (Phi) is 16.9. The van der Waals surface area contributed by atoms with Gasteiger partial charge < -0.3 is 15.5 Å². The van der Waals surface area contributed by atoms with E-state index in [-0.39, 0.29) is 18.4 Å². The normalized spacial score (nSPS) is 10.9. The van der Waals surface area contributed by atoms with Gasteiger partial charge in [0.25, 0.3) is 5.91 Å². The van der Waals surface area contributed by atoms with Gasteiger partial charge >= 0.3 is 0 Å². The summed E-state index contributed by atoms with van der Waals surface area (Å²) in [6.45, 7) is 5.94. The molecule has 0 saturated carbocycles. The lowest BCUT2D eigenvalue weighted by Gasteiger charge is -2.21. The first-order valence-electron chi connectivity index (χ1n) is 15.1. The Hall–Kier alpha value is -2.66. The number of nitrogens with one attached hydrogen (secondary N) is 2. The van der Waals surface area contributed by atoms with Crippen LogP contribution in [0.4, 0.5) is 11.4 Å². The highest BCUT2D eigenvalue weighted by Gasteiger charge is 2.16. The second-order valence-electron chi connectivity index (χ2n) is 10.3. The fraction of sp³-hybridized carbons (Fsp3) is 0.576. The average molecular weight is 522 g/mol. The molecule has 0 saturated heterocycles. The van der Waals surface area contributed by atoms with E-state index in [0.29, 0.717) is 17.8 Å². The molecular weight excluding hydrogens is 470 g/mol. The van der Waals surface area contributed by atoms with E-state index in [9.17, 15) is 9.59 Å². The van der Waals surface area contributed by atoms with Crippen LogP contribution in [0.15, 0.2) is 54.6 Å². The molecule has 38 heavy (non-hydrogen) atoms. The predicted molar refractivity (Wildman–Crippen MR) is 162 cm³/mol. The fourth-order valence-electron chi connectivity index (χ4n) is 4.79. The van der Waals surface area contributed by atoms with Crippen molar-refractivity contribution < 1.29 is 9.59 Å². The second kappa shape index (κ2) is 20.3. The first-order valence-corrected chi connectivity index (χ1v) is 15.1. The van der Waals surface area contributed by atoms with E-state index < -0.39 is 0 Å². The lowest BCUT2D eigenvalue weighted by molar-refractivity contribution is -0.115. The number of hydrogen-bond acceptors (Lipinski definition) is 3. The van der Waals surface area contributed by atoms with Gasteiger partial charge in [-0.1, -0.05) is 115 Å². The van der Waals surface area contributed by atoms with E-state index in [4.69, 9.17) is 0 Å². The Morgan fingerprint density at radius 1 is 0.684 bits per heavy atom. The van der Waals surface area contributed by atoms with Crippen molar-refractivity contribution >= 4 is 23.2 Å². The smallest absolute Gasteiger partial charge is 0.258 e. The Bertz CT molecular complexity index is 900. The van der Waals surface area contributed by atoms with Crippen LogP contribution in [-0.4, -0.2) is 31.4 Å². The first-order chi connectivity index (χ1) is 18.7. The largest absolute Gasteiger partial charge is 0.325 e. The number of para-hydroxylation sites is 1. The molecule has 0 fully saturated rings. The van der Waals surface area contributed by atoms with Crippen LogP contribution in [0.25, 0.3) is 0 Å². The molecule has 210 valence electrons. The third-order valence-corrected chi connectivity index (χ3v) is 7.02. The number of amides is 2. The van der Waals surface area contributed by atoms with E-state index in [2.05, 4.69) is 17.6 Å². The van der Waals surface area contributed by atoms with Crippen LogP contribution in [-0.2, 0) is 4.79 Å². The first kappa shape index (κ1) is 31.6. The maximum Gasteiger partial charge on any atom is 0.258 e. The van der Waals surface area contributed by atoms with Gasteiger partial charge in [-0.25, -0.2) is 0 Å². The van der Waals surface area contributed by atoms with Crippen molar-refractivity contribution in [3.05, 3.63) is 60.2 Å². The van der Waals surface area contributed by atoms with Gasteiger partial charge in [0, 0.05) is 23.5 Å². The van der Waals surface area contributed by atoms with E-state index in [1.54, 1.807) is 17.0 Å². The highest BCUT2D eigenvalue weighted by atomic mass is 16.2. The van der Waals surface area contributed by atoms with Crippen molar-refractivity contribution in [2.24, 2.45) is 0 Å². The number of anilines is 2. The Morgan fingerprint density at radius 2 is 1.26 bits per heavy atom. The molecule has 0 unspecified atom stereocenters. The quantitative estimate of drug-likeness (QED) is 0.162. The Balaban J connectivity index is 1.53. The van der Waals surface area contributed by atoms with Crippen LogP contribution in [0, 0.1) is 0 Å². The number of carbonyl (C=O) groups excluding carboxylic acids is 2. The van der Waals surface area contributed by atoms with Gasteiger partial charge in [0.2, 0.25) is 5.91 Å². The summed E-state index contributed by atoms with van der Waals surface area (Å²) in [5, 5.41) is 6.16. The fourth-order valence-corrected chi connectivity index (χ4v) is 4.79. The number of nitrogens with zero attached hydrogens (tertiary/aromatic N) is 1. The SMILES string of the molecule is CCCCCCCCCCCCCCCCNCC(=O)Nc1cccc(C(=O)N(CC)c2ccccc2)c1. The van der Waals surface area contributed by atoms with E-state index >= 15 is 0 Å². The Labute approximate surface area is 231 Å². The molecule has 0 aliphatic heterocycles. The molecular formula is C33H51N3O2. The van der Waals surface area contributed by atoms with E-state index in [1.165, 1.54) is 83.5 Å². The maximum absolute atomic E-state index is 13.1. The molecule has 0 aliphatic carbocycles. The molecule has 2 N–H and O–H groups in total. The lowest BCUT2D eigenvalue weighted by atomic mass is 10.0. The minimum Gasteiger partial charge on any atom is -0.325 e. The number of hydrogen-bond donors (Lipinski definition) is 2. The summed E-state index contributed by atoms with van der Waals surface area (Å²) >= 11 is 0. The summed E-state index contributed by atoms with van der Waals surface area (Å²) in [5.74, 6) is -0.166. The number of benzene rings is 2. The molecule has 0 aromatic heterocycles. The molecule has 0 aliphatic rings. The van der Waals surface area contributed by atoms with Crippen LogP contribution < -0.4 is 15.5 Å². The molecule has 5 nitrogen and oxygen atoms in total. The summed E-state index contributed by atoms with van der Waals surface area (Å²) < 4.78 is 0. The summed E-state index contributed by atoms with van der Waals surface area (Å²) in [5.41, 5.74) is 2.06. The standard InChI is InChI=1S/C33H51N3O2/c1-3-5-6-7-8-9-10-11-12-13-14-15-16-20-26-34-28-32(37)35-30-23-21-22-29(27-30)33(38)36(4-2)31-24-18-17-19-25-31/h17-19,21-25,27,34H,3-16,20,26,28H2,1-2H3,(H,35,37). The zero-order valence-corrected chi connectivity index (χ0v) is 24.0. The third kappa shape index (κ3) is 13.2. The highest BCUT2D eigenvalue weighted by molar-refractivity contribution is 6.07. The molecule has 0 spiro atoms. The van der Waals surface area contributed by atoms with Crippen molar-refractivity contribution in [2.45, 2.75) is 104 Å². The molecule has 0 radical (unpaired) electrons. The van der Waals surface area contributed by atoms with Crippen LogP contribution in [0.1, 0.15) is 114 Å². The summed E-state index contributed by atoms with van der Waals surface area (Å²) in [6, 6.07) is 16.8. The minimum absolute atomic E-state index is 0.0780. The van der Waals surface area contributed by atoms with E-state index in [0.717, 1.165) is 18.7 Å². The van der Waals surface area contributed by atoms with Crippen LogP contribution in [0.5, 0.6) is 0 Å². The van der Waals surface area contributed by atoms with Gasteiger partial charge in [0.1, 0.15) is 0 Å². The van der Waals surface area contributed by atoms with E-state index in [1.807, 2.05) is 49.4 Å². The monoisotopic (exact) mass is 521 g/mol. The molecule has 2 aromatic rings. The van der Waals surface area contributed by atoms with Crippen molar-refractivity contribution in [1.82, 2.24) is 5.32 Å². The number of rotatable bonds is 21. The topological polar surface area (TPSA) is 61.4 Å². The molecule has 5 heteroatoms. The zero-order chi connectivity index (χ0) is 27.3. The Morgan fingerprint density at radius 3 is 1.84 bits per heavy atom. The molecule has 2 amide bonds. The van der Waals surface area contributed by atoms with Gasteiger partial charge in [-0.15, -0.1) is 0 Å². The molecule has 0 bridgehead atoms. The zero-order valence-electron chi connectivity index (χ0n) is 24.0. The van der Waals surface area contributed by atoms with Gasteiger partial charge in [0.15, 0.2) is 0 Å². The maximum atomic E-state index is 13.1. The highest BCUT2D eigenvalue weighted by Crippen LogP contribution is 2.19. The number of carbonyl (C=O) groups is 2. The van der Waals surface area contributed by atoms with Crippen molar-refractivity contribution in [2.75, 3.05) is 29.9 Å². The van der Waals surface area contributed by atoms with Crippen LogP contribution in [0.2, 0.25) is 0 Å². The molecule has 2 rings (SSSR count). The van der Waals surface area contributed by atoms with Crippen molar-refractivity contribution in [1.29, 1.82) is 0 Å².